The van der Waals surface area contributed by atoms with Gasteiger partial charge in [0.25, 0.3) is 0 Å². The third-order valence-corrected chi connectivity index (χ3v) is 5.55. The third-order valence-electron chi connectivity index (χ3n) is 3.84. The van der Waals surface area contributed by atoms with Crippen molar-refractivity contribution in [3.05, 3.63) is 58.3 Å². The zero-order valence-corrected chi connectivity index (χ0v) is 17.2. The molecule has 5 nitrogen and oxygen atoms in total. The van der Waals surface area contributed by atoms with E-state index in [0.29, 0.717) is 11.0 Å². The maximum Gasteiger partial charge on any atom is 0.417 e. The van der Waals surface area contributed by atoms with Gasteiger partial charge >= 0.3 is 6.18 Å². The number of rotatable bonds is 5. The van der Waals surface area contributed by atoms with Gasteiger partial charge in [0.15, 0.2) is 11.0 Å². The van der Waals surface area contributed by atoms with Crippen molar-refractivity contribution in [2.24, 2.45) is 7.05 Å². The van der Waals surface area contributed by atoms with Gasteiger partial charge in [-0.3, -0.25) is 4.79 Å². The van der Waals surface area contributed by atoms with Gasteiger partial charge in [-0.1, -0.05) is 39.8 Å². The number of thioether (sulfide) groups is 1. The van der Waals surface area contributed by atoms with Gasteiger partial charge in [-0.15, -0.1) is 10.2 Å². The highest BCUT2D eigenvalue weighted by atomic mass is 79.9. The lowest BCUT2D eigenvalue weighted by atomic mass is 10.2. The summed E-state index contributed by atoms with van der Waals surface area (Å²) in [5, 5.41) is 10.7. The second-order valence-electron chi connectivity index (χ2n) is 5.87. The number of benzene rings is 2. The number of carbonyl (C=O) groups excluding carboxylic acids is 1. The molecule has 0 aliphatic heterocycles. The van der Waals surface area contributed by atoms with Crippen LogP contribution in [0.5, 0.6) is 0 Å². The van der Waals surface area contributed by atoms with E-state index < -0.39 is 23.5 Å². The maximum atomic E-state index is 13.9. The zero-order valence-electron chi connectivity index (χ0n) is 14.8. The van der Waals surface area contributed by atoms with Gasteiger partial charge in [-0.05, 0) is 30.3 Å². The molecule has 152 valence electrons. The fourth-order valence-electron chi connectivity index (χ4n) is 2.47. The highest BCUT2D eigenvalue weighted by molar-refractivity contribution is 9.10. The lowest BCUT2D eigenvalue weighted by Crippen LogP contribution is -2.15. The van der Waals surface area contributed by atoms with E-state index in [-0.39, 0.29) is 21.5 Å². The molecule has 0 saturated carbocycles. The molecule has 0 unspecified atom stereocenters. The predicted octanol–water partition coefficient (Wildman–Crippen LogP) is 5.13. The minimum Gasteiger partial charge on any atom is -0.325 e. The molecule has 3 rings (SSSR count). The van der Waals surface area contributed by atoms with Crippen LogP contribution in [0.4, 0.5) is 23.2 Å². The Morgan fingerprint density at radius 3 is 2.62 bits per heavy atom. The summed E-state index contributed by atoms with van der Waals surface area (Å²) < 4.78 is 54.2. The molecule has 11 heteroatoms. The van der Waals surface area contributed by atoms with Crippen LogP contribution < -0.4 is 5.32 Å². The Labute approximate surface area is 175 Å². The monoisotopic (exact) mass is 488 g/mol. The normalized spacial score (nSPS) is 11.5. The van der Waals surface area contributed by atoms with Gasteiger partial charge in [0.1, 0.15) is 5.82 Å². The van der Waals surface area contributed by atoms with Gasteiger partial charge < -0.3 is 9.88 Å². The van der Waals surface area contributed by atoms with Gasteiger partial charge in [-0.25, -0.2) is 4.39 Å². The summed E-state index contributed by atoms with van der Waals surface area (Å²) in [5.74, 6) is -0.775. The van der Waals surface area contributed by atoms with Crippen LogP contribution in [-0.2, 0) is 18.0 Å². The van der Waals surface area contributed by atoms with Crippen LogP contribution in [0, 0.1) is 5.82 Å². The first-order valence-corrected chi connectivity index (χ1v) is 9.88. The Balaban J connectivity index is 1.67. The van der Waals surface area contributed by atoms with Crippen molar-refractivity contribution in [3.63, 3.8) is 0 Å². The van der Waals surface area contributed by atoms with Crippen molar-refractivity contribution in [1.82, 2.24) is 14.8 Å². The van der Waals surface area contributed by atoms with E-state index >= 15 is 0 Å². The number of aromatic nitrogens is 3. The van der Waals surface area contributed by atoms with E-state index in [1.807, 2.05) is 0 Å². The Morgan fingerprint density at radius 2 is 1.93 bits per heavy atom. The van der Waals surface area contributed by atoms with Gasteiger partial charge in [0.05, 0.1) is 16.9 Å². The van der Waals surface area contributed by atoms with E-state index in [9.17, 15) is 22.4 Å². The molecular formula is C18H13BrF4N4OS. The second kappa shape index (κ2) is 8.54. The van der Waals surface area contributed by atoms with E-state index in [2.05, 4.69) is 31.4 Å². The highest BCUT2D eigenvalue weighted by Crippen LogP contribution is 2.36. The van der Waals surface area contributed by atoms with Crippen LogP contribution in [0.1, 0.15) is 5.56 Å². The van der Waals surface area contributed by atoms with E-state index in [1.165, 1.54) is 22.8 Å². The minimum atomic E-state index is -4.55. The molecule has 29 heavy (non-hydrogen) atoms. The Hall–Kier alpha value is -2.40. The van der Waals surface area contributed by atoms with Crippen molar-refractivity contribution >= 4 is 39.3 Å². The molecule has 0 saturated heterocycles. The Kier molecular flexibility index (Phi) is 6.27. The summed E-state index contributed by atoms with van der Waals surface area (Å²) in [6.45, 7) is 0. The first-order chi connectivity index (χ1) is 13.7. The van der Waals surface area contributed by atoms with Crippen molar-refractivity contribution in [2.75, 3.05) is 11.1 Å². The molecule has 1 heterocycles. The number of alkyl halides is 3. The summed E-state index contributed by atoms with van der Waals surface area (Å²) >= 11 is 3.88. The molecule has 1 N–H and O–H groups in total. The van der Waals surface area contributed by atoms with Crippen molar-refractivity contribution in [2.45, 2.75) is 11.3 Å². The molecule has 0 aliphatic rings. The number of amides is 1. The summed E-state index contributed by atoms with van der Waals surface area (Å²) in [4.78, 5) is 12.1. The first kappa shape index (κ1) is 21.3. The molecule has 0 atom stereocenters. The number of nitrogens with zero attached hydrogens (tertiary/aromatic N) is 3. The second-order valence-corrected chi connectivity index (χ2v) is 7.67. The standard InChI is InChI=1S/C18H13BrF4N4OS/c1-27-16(11-4-2-3-5-14(11)20)25-26-17(27)29-9-15(28)24-10-6-7-13(19)12(8-10)18(21,22)23/h2-8H,9H2,1H3,(H,24,28). The maximum absolute atomic E-state index is 13.9. The van der Waals surface area contributed by atoms with E-state index in [4.69, 9.17) is 0 Å². The quantitative estimate of drug-likeness (QED) is 0.399. The summed E-state index contributed by atoms with van der Waals surface area (Å²) in [5.41, 5.74) is -0.588. The third kappa shape index (κ3) is 4.96. The molecule has 1 amide bonds. The summed E-state index contributed by atoms with van der Waals surface area (Å²) in [7, 11) is 1.63. The smallest absolute Gasteiger partial charge is 0.325 e. The SMILES string of the molecule is Cn1c(SCC(=O)Nc2ccc(Br)c(C(F)(F)F)c2)nnc1-c1ccccc1F. The number of carbonyl (C=O) groups is 1. The molecule has 0 aliphatic carbocycles. The molecule has 0 radical (unpaired) electrons. The number of hydrogen-bond donors (Lipinski definition) is 1. The average molecular weight is 489 g/mol. The molecule has 0 fully saturated rings. The Bertz CT molecular complexity index is 1050. The largest absolute Gasteiger partial charge is 0.417 e. The fraction of sp³-hybridized carbons (Fsp3) is 0.167. The average Bonchev–Trinajstić information content (AvgIpc) is 3.01. The lowest BCUT2D eigenvalue weighted by Gasteiger charge is -2.12. The molecule has 2 aromatic carbocycles. The minimum absolute atomic E-state index is 0.0242. The van der Waals surface area contributed by atoms with Crippen LogP contribution in [0.25, 0.3) is 11.4 Å². The molecular weight excluding hydrogens is 476 g/mol. The fourth-order valence-corrected chi connectivity index (χ4v) is 3.65. The van der Waals surface area contributed by atoms with Crippen LogP contribution in [0.3, 0.4) is 0 Å². The van der Waals surface area contributed by atoms with Crippen LogP contribution in [0.2, 0.25) is 0 Å². The van der Waals surface area contributed by atoms with Crippen molar-refractivity contribution in [3.8, 4) is 11.4 Å². The van der Waals surface area contributed by atoms with Gasteiger partial charge in [0.2, 0.25) is 5.91 Å². The van der Waals surface area contributed by atoms with Crippen molar-refractivity contribution < 1.29 is 22.4 Å². The van der Waals surface area contributed by atoms with Gasteiger partial charge in [0, 0.05) is 17.2 Å². The number of anilines is 1. The van der Waals surface area contributed by atoms with Gasteiger partial charge in [-0.2, -0.15) is 13.2 Å². The predicted molar refractivity (Wildman–Crippen MR) is 105 cm³/mol. The van der Waals surface area contributed by atoms with E-state index in [1.54, 1.807) is 25.2 Å². The molecule has 0 bridgehead atoms. The molecule has 0 spiro atoms. The van der Waals surface area contributed by atoms with Crippen LogP contribution in [0.15, 0.2) is 52.1 Å². The molecule has 1 aromatic heterocycles. The zero-order chi connectivity index (χ0) is 21.2. The summed E-state index contributed by atoms with van der Waals surface area (Å²) in [6, 6.07) is 9.52. The van der Waals surface area contributed by atoms with E-state index in [0.717, 1.165) is 17.8 Å². The number of hydrogen-bond acceptors (Lipinski definition) is 4. The topological polar surface area (TPSA) is 59.8 Å². The molecule has 3 aromatic rings. The number of nitrogens with one attached hydrogen (secondary N) is 1. The Morgan fingerprint density at radius 1 is 1.21 bits per heavy atom. The van der Waals surface area contributed by atoms with Crippen LogP contribution in [-0.4, -0.2) is 26.4 Å². The van der Waals surface area contributed by atoms with Crippen LogP contribution >= 0.6 is 27.7 Å². The van der Waals surface area contributed by atoms with Crippen molar-refractivity contribution in [1.29, 1.82) is 0 Å². The first-order valence-electron chi connectivity index (χ1n) is 8.10. The lowest BCUT2D eigenvalue weighted by molar-refractivity contribution is -0.138. The summed E-state index contributed by atoms with van der Waals surface area (Å²) in [6.07, 6.45) is -4.55. The number of halogens is 5. The highest BCUT2D eigenvalue weighted by Gasteiger charge is 2.33.